The first-order valence-corrected chi connectivity index (χ1v) is 7.98. The van der Waals surface area contributed by atoms with Gasteiger partial charge < -0.3 is 5.32 Å². The molecule has 2 nitrogen and oxygen atoms in total. The summed E-state index contributed by atoms with van der Waals surface area (Å²) >= 11 is 1.80. The Morgan fingerprint density at radius 2 is 1.65 bits per heavy atom. The van der Waals surface area contributed by atoms with Gasteiger partial charge in [0.1, 0.15) is 5.01 Å². The van der Waals surface area contributed by atoms with Crippen molar-refractivity contribution in [2.45, 2.75) is 53.6 Å². The Hall–Kier alpha value is -1.19. The fourth-order valence-corrected chi connectivity index (χ4v) is 3.51. The first-order chi connectivity index (χ1) is 9.40. The van der Waals surface area contributed by atoms with Gasteiger partial charge in [0.05, 0.1) is 11.7 Å². The van der Waals surface area contributed by atoms with E-state index in [0.29, 0.717) is 6.04 Å². The number of rotatable bonds is 4. The zero-order valence-electron chi connectivity index (χ0n) is 13.2. The fourth-order valence-electron chi connectivity index (χ4n) is 2.52. The van der Waals surface area contributed by atoms with E-state index in [-0.39, 0.29) is 6.04 Å². The zero-order chi connectivity index (χ0) is 14.9. The highest BCUT2D eigenvalue weighted by atomic mass is 32.1. The first kappa shape index (κ1) is 15.2. The van der Waals surface area contributed by atoms with Crippen molar-refractivity contribution < 1.29 is 0 Å². The molecule has 0 spiro atoms. The fraction of sp³-hybridized carbons (Fsp3) is 0.471. The number of aromatic nitrogens is 1. The maximum absolute atomic E-state index is 4.78. The van der Waals surface area contributed by atoms with E-state index in [1.165, 1.54) is 26.6 Å². The highest BCUT2D eigenvalue weighted by Crippen LogP contribution is 2.32. The highest BCUT2D eigenvalue weighted by Gasteiger charge is 2.22. The van der Waals surface area contributed by atoms with Gasteiger partial charge in [0.15, 0.2) is 0 Å². The van der Waals surface area contributed by atoms with Crippen LogP contribution in [0.25, 0.3) is 0 Å². The van der Waals surface area contributed by atoms with E-state index >= 15 is 0 Å². The summed E-state index contributed by atoms with van der Waals surface area (Å²) in [5.74, 6) is 0. The molecule has 0 radical (unpaired) electrons. The van der Waals surface area contributed by atoms with Gasteiger partial charge in [0, 0.05) is 10.9 Å². The van der Waals surface area contributed by atoms with E-state index in [1.54, 1.807) is 11.3 Å². The number of hydrogen-bond acceptors (Lipinski definition) is 3. The van der Waals surface area contributed by atoms with Crippen molar-refractivity contribution in [2.24, 2.45) is 0 Å². The summed E-state index contributed by atoms with van der Waals surface area (Å²) < 4.78 is 0. The SMILES string of the molecule is Cc1cccc(C)c1C(NC(C)C)c1nc(C)c(C)s1. The molecule has 2 rings (SSSR count). The van der Waals surface area contributed by atoms with E-state index in [1.807, 2.05) is 0 Å². The van der Waals surface area contributed by atoms with Crippen LogP contribution in [0.15, 0.2) is 18.2 Å². The van der Waals surface area contributed by atoms with Gasteiger partial charge in [-0.05, 0) is 58.2 Å². The zero-order valence-corrected chi connectivity index (χ0v) is 14.1. The number of benzene rings is 1. The lowest BCUT2D eigenvalue weighted by Gasteiger charge is -2.23. The van der Waals surface area contributed by atoms with Gasteiger partial charge in [-0.15, -0.1) is 11.3 Å². The lowest BCUT2D eigenvalue weighted by molar-refractivity contribution is 0.523. The lowest BCUT2D eigenvalue weighted by atomic mass is 9.96. The second-order valence-electron chi connectivity index (χ2n) is 5.75. The molecule has 3 heteroatoms. The molecular weight excluding hydrogens is 264 g/mol. The average Bonchev–Trinajstić information content (AvgIpc) is 2.67. The van der Waals surface area contributed by atoms with E-state index in [4.69, 9.17) is 4.98 Å². The third-order valence-corrected chi connectivity index (χ3v) is 4.76. The van der Waals surface area contributed by atoms with Crippen LogP contribution in [0.1, 0.15) is 52.2 Å². The minimum Gasteiger partial charge on any atom is -0.302 e. The number of hydrogen-bond donors (Lipinski definition) is 1. The van der Waals surface area contributed by atoms with Gasteiger partial charge in [-0.25, -0.2) is 4.98 Å². The van der Waals surface area contributed by atoms with Gasteiger partial charge in [-0.2, -0.15) is 0 Å². The first-order valence-electron chi connectivity index (χ1n) is 7.16. The molecule has 0 fully saturated rings. The van der Waals surface area contributed by atoms with Crippen LogP contribution in [0.4, 0.5) is 0 Å². The van der Waals surface area contributed by atoms with Crippen LogP contribution in [-0.4, -0.2) is 11.0 Å². The molecule has 0 saturated carbocycles. The van der Waals surface area contributed by atoms with Crippen molar-refractivity contribution in [3.8, 4) is 0 Å². The van der Waals surface area contributed by atoms with Crippen molar-refractivity contribution in [3.05, 3.63) is 50.5 Å². The maximum atomic E-state index is 4.78. The molecule has 1 N–H and O–H groups in total. The van der Waals surface area contributed by atoms with Crippen LogP contribution in [0.2, 0.25) is 0 Å². The number of nitrogens with zero attached hydrogens (tertiary/aromatic N) is 1. The number of nitrogens with one attached hydrogen (secondary N) is 1. The summed E-state index contributed by atoms with van der Waals surface area (Å²) in [5, 5.41) is 4.85. The highest BCUT2D eigenvalue weighted by molar-refractivity contribution is 7.11. The monoisotopic (exact) mass is 288 g/mol. The summed E-state index contributed by atoms with van der Waals surface area (Å²) in [6.45, 7) is 13.0. The number of aryl methyl sites for hydroxylation is 4. The Balaban J connectivity index is 2.52. The standard InChI is InChI=1S/C17H24N2S/c1-10(2)18-16(17-19-13(5)14(6)20-17)15-11(3)8-7-9-12(15)4/h7-10,16,18H,1-6H3. The molecule has 0 aliphatic heterocycles. The van der Waals surface area contributed by atoms with Crippen molar-refractivity contribution in [1.29, 1.82) is 0 Å². The molecule has 1 aromatic carbocycles. The van der Waals surface area contributed by atoms with Crippen LogP contribution in [0.3, 0.4) is 0 Å². The molecule has 1 aromatic heterocycles. The van der Waals surface area contributed by atoms with Gasteiger partial charge in [0.25, 0.3) is 0 Å². The topological polar surface area (TPSA) is 24.9 Å². The predicted octanol–water partition coefficient (Wildman–Crippen LogP) is 4.46. The van der Waals surface area contributed by atoms with E-state index in [9.17, 15) is 0 Å². The molecule has 1 atom stereocenters. The second kappa shape index (κ2) is 6.06. The molecule has 0 amide bonds. The minimum absolute atomic E-state index is 0.189. The Morgan fingerprint density at radius 1 is 1.05 bits per heavy atom. The third kappa shape index (κ3) is 3.10. The summed E-state index contributed by atoms with van der Waals surface area (Å²) in [7, 11) is 0. The molecular formula is C17H24N2S. The van der Waals surface area contributed by atoms with Gasteiger partial charge in [-0.3, -0.25) is 0 Å². The van der Waals surface area contributed by atoms with Gasteiger partial charge >= 0.3 is 0 Å². The second-order valence-corrected chi connectivity index (χ2v) is 6.99. The van der Waals surface area contributed by atoms with E-state index < -0.39 is 0 Å². The normalized spacial score (nSPS) is 12.9. The van der Waals surface area contributed by atoms with Crippen molar-refractivity contribution in [3.63, 3.8) is 0 Å². The van der Waals surface area contributed by atoms with Crippen molar-refractivity contribution in [1.82, 2.24) is 10.3 Å². The summed E-state index contributed by atoms with van der Waals surface area (Å²) in [5.41, 5.74) is 5.17. The Bertz CT molecular complexity index is 559. The Morgan fingerprint density at radius 3 is 2.10 bits per heavy atom. The molecule has 2 aromatic rings. The van der Waals surface area contributed by atoms with Gasteiger partial charge in [0.2, 0.25) is 0 Å². The van der Waals surface area contributed by atoms with Crippen LogP contribution >= 0.6 is 11.3 Å². The molecule has 0 aliphatic rings. The van der Waals surface area contributed by atoms with Crippen LogP contribution in [0, 0.1) is 27.7 Å². The Labute approximate surface area is 126 Å². The molecule has 108 valence electrons. The predicted molar refractivity (Wildman–Crippen MR) is 87.6 cm³/mol. The summed E-state index contributed by atoms with van der Waals surface area (Å²) in [6, 6.07) is 7.10. The minimum atomic E-state index is 0.189. The smallest absolute Gasteiger partial charge is 0.115 e. The van der Waals surface area contributed by atoms with E-state index in [2.05, 4.69) is 65.1 Å². The largest absolute Gasteiger partial charge is 0.302 e. The van der Waals surface area contributed by atoms with Gasteiger partial charge in [-0.1, -0.05) is 18.2 Å². The summed E-state index contributed by atoms with van der Waals surface area (Å²) in [4.78, 5) is 6.09. The molecule has 20 heavy (non-hydrogen) atoms. The molecule has 1 unspecified atom stereocenters. The number of thiazole rings is 1. The van der Waals surface area contributed by atoms with Crippen LogP contribution in [0.5, 0.6) is 0 Å². The molecule has 0 bridgehead atoms. The van der Waals surface area contributed by atoms with Crippen molar-refractivity contribution in [2.75, 3.05) is 0 Å². The molecule has 1 heterocycles. The van der Waals surface area contributed by atoms with E-state index in [0.717, 1.165) is 5.69 Å². The maximum Gasteiger partial charge on any atom is 0.115 e. The Kier molecular flexibility index (Phi) is 4.61. The summed E-state index contributed by atoms with van der Waals surface area (Å²) in [6.07, 6.45) is 0. The van der Waals surface area contributed by atoms with Crippen LogP contribution in [-0.2, 0) is 0 Å². The quantitative estimate of drug-likeness (QED) is 0.898. The molecule has 0 aliphatic carbocycles. The van der Waals surface area contributed by atoms with Crippen molar-refractivity contribution >= 4 is 11.3 Å². The van der Waals surface area contributed by atoms with Crippen LogP contribution < -0.4 is 5.32 Å². The molecule has 0 saturated heterocycles. The lowest BCUT2D eigenvalue weighted by Crippen LogP contribution is -2.30. The average molecular weight is 288 g/mol. The third-order valence-electron chi connectivity index (χ3n) is 3.62.